The van der Waals surface area contributed by atoms with Crippen molar-refractivity contribution in [3.05, 3.63) is 29.6 Å². The molecule has 0 bridgehead atoms. The Balaban J connectivity index is 2.27. The molecule has 2 unspecified atom stereocenters. The van der Waals surface area contributed by atoms with E-state index in [1.165, 1.54) is 18.9 Å². The van der Waals surface area contributed by atoms with E-state index in [0.717, 1.165) is 30.2 Å². The van der Waals surface area contributed by atoms with Gasteiger partial charge in [-0.05, 0) is 55.8 Å². The van der Waals surface area contributed by atoms with Crippen molar-refractivity contribution < 1.29 is 9.13 Å². The molecule has 3 heteroatoms. The summed E-state index contributed by atoms with van der Waals surface area (Å²) >= 11 is 0. The van der Waals surface area contributed by atoms with Crippen LogP contribution in [0.15, 0.2) is 18.2 Å². The Labute approximate surface area is 115 Å². The summed E-state index contributed by atoms with van der Waals surface area (Å²) in [6.07, 6.45) is 3.66. The second-order valence-electron chi connectivity index (χ2n) is 5.51. The van der Waals surface area contributed by atoms with Crippen molar-refractivity contribution >= 4 is 0 Å². The van der Waals surface area contributed by atoms with E-state index in [1.807, 2.05) is 0 Å². The molecular weight excluding hydrogens is 241 g/mol. The van der Waals surface area contributed by atoms with Gasteiger partial charge in [-0.1, -0.05) is 13.8 Å². The van der Waals surface area contributed by atoms with E-state index in [9.17, 15) is 4.39 Å². The fraction of sp³-hybridized carbons (Fsp3) is 0.625. The lowest BCUT2D eigenvalue weighted by Gasteiger charge is -2.27. The van der Waals surface area contributed by atoms with E-state index in [1.54, 1.807) is 19.2 Å². The molecule has 1 aliphatic carbocycles. The maximum absolute atomic E-state index is 13.6. The lowest BCUT2D eigenvalue weighted by atomic mass is 9.90. The molecule has 0 saturated heterocycles. The molecule has 0 amide bonds. The third-order valence-corrected chi connectivity index (χ3v) is 4.03. The van der Waals surface area contributed by atoms with Gasteiger partial charge in [0.2, 0.25) is 0 Å². The van der Waals surface area contributed by atoms with Crippen LogP contribution < -0.4 is 10.1 Å². The fourth-order valence-electron chi connectivity index (χ4n) is 2.72. The SMILES string of the molecule is CCCNC(c1cc(F)ccc1OC)C(C)C1CC1. The van der Waals surface area contributed by atoms with Crippen molar-refractivity contribution in [3.8, 4) is 5.75 Å². The highest BCUT2D eigenvalue weighted by Crippen LogP contribution is 2.44. The summed E-state index contributed by atoms with van der Waals surface area (Å²) in [5.74, 6) is 1.87. The van der Waals surface area contributed by atoms with Gasteiger partial charge in [0.15, 0.2) is 0 Å². The molecule has 1 aliphatic rings. The first-order valence-electron chi connectivity index (χ1n) is 7.24. The number of hydrogen-bond donors (Lipinski definition) is 1. The van der Waals surface area contributed by atoms with E-state index in [0.29, 0.717) is 5.92 Å². The zero-order chi connectivity index (χ0) is 13.8. The zero-order valence-electron chi connectivity index (χ0n) is 12.1. The smallest absolute Gasteiger partial charge is 0.123 e. The molecule has 1 aromatic rings. The van der Waals surface area contributed by atoms with Gasteiger partial charge in [-0.3, -0.25) is 0 Å². The van der Waals surface area contributed by atoms with Crippen LogP contribution in [-0.2, 0) is 0 Å². The average molecular weight is 265 g/mol. The standard InChI is InChI=1S/C16H24FNO/c1-4-9-18-16(11(2)12-5-6-12)14-10-13(17)7-8-15(14)19-3/h7-8,10-12,16,18H,4-6,9H2,1-3H3. The van der Waals surface area contributed by atoms with Crippen LogP contribution >= 0.6 is 0 Å². The van der Waals surface area contributed by atoms with Gasteiger partial charge in [0, 0.05) is 11.6 Å². The first-order valence-corrected chi connectivity index (χ1v) is 7.24. The molecule has 0 aromatic heterocycles. The minimum Gasteiger partial charge on any atom is -0.496 e. The van der Waals surface area contributed by atoms with Crippen LogP contribution in [-0.4, -0.2) is 13.7 Å². The summed E-state index contributed by atoms with van der Waals surface area (Å²) in [4.78, 5) is 0. The van der Waals surface area contributed by atoms with Gasteiger partial charge in [-0.2, -0.15) is 0 Å². The Morgan fingerprint density at radius 1 is 1.42 bits per heavy atom. The minimum atomic E-state index is -0.193. The minimum absolute atomic E-state index is 0.179. The fourth-order valence-corrected chi connectivity index (χ4v) is 2.72. The van der Waals surface area contributed by atoms with E-state index >= 15 is 0 Å². The van der Waals surface area contributed by atoms with Gasteiger partial charge >= 0.3 is 0 Å². The van der Waals surface area contributed by atoms with E-state index < -0.39 is 0 Å². The number of methoxy groups -OCH3 is 1. The van der Waals surface area contributed by atoms with Crippen LogP contribution in [0, 0.1) is 17.7 Å². The van der Waals surface area contributed by atoms with Crippen molar-refractivity contribution in [1.82, 2.24) is 5.32 Å². The van der Waals surface area contributed by atoms with Crippen LogP contribution in [0.4, 0.5) is 4.39 Å². The predicted molar refractivity (Wildman–Crippen MR) is 75.9 cm³/mol. The summed E-state index contributed by atoms with van der Waals surface area (Å²) in [5, 5.41) is 3.56. The molecule has 0 aliphatic heterocycles. The first kappa shape index (κ1) is 14.3. The summed E-state index contributed by atoms with van der Waals surface area (Å²) in [6, 6.07) is 4.98. The van der Waals surface area contributed by atoms with Gasteiger partial charge in [-0.25, -0.2) is 4.39 Å². The molecule has 1 N–H and O–H groups in total. The lowest BCUT2D eigenvalue weighted by Crippen LogP contribution is -2.29. The number of rotatable bonds is 7. The Hall–Kier alpha value is -1.09. The molecule has 0 radical (unpaired) electrons. The zero-order valence-corrected chi connectivity index (χ0v) is 12.1. The molecule has 0 spiro atoms. The second kappa shape index (κ2) is 6.38. The number of halogens is 1. The van der Waals surface area contributed by atoms with Crippen LogP contribution in [0.5, 0.6) is 5.75 Å². The van der Waals surface area contributed by atoms with E-state index in [-0.39, 0.29) is 11.9 Å². The monoisotopic (exact) mass is 265 g/mol. The van der Waals surface area contributed by atoms with Crippen molar-refractivity contribution in [2.75, 3.05) is 13.7 Å². The highest BCUT2D eigenvalue weighted by Gasteiger charge is 2.35. The number of benzene rings is 1. The molecule has 106 valence electrons. The molecule has 1 aromatic carbocycles. The molecule has 1 fully saturated rings. The molecule has 0 heterocycles. The Kier molecular flexibility index (Phi) is 4.81. The first-order chi connectivity index (χ1) is 9.17. The lowest BCUT2D eigenvalue weighted by molar-refractivity contribution is 0.330. The topological polar surface area (TPSA) is 21.3 Å². The van der Waals surface area contributed by atoms with Gasteiger partial charge < -0.3 is 10.1 Å². The molecular formula is C16H24FNO. The highest BCUT2D eigenvalue weighted by molar-refractivity contribution is 5.37. The van der Waals surface area contributed by atoms with Crippen molar-refractivity contribution in [1.29, 1.82) is 0 Å². The number of nitrogens with one attached hydrogen (secondary N) is 1. The molecule has 2 rings (SSSR count). The third-order valence-electron chi connectivity index (χ3n) is 4.03. The molecule has 1 saturated carbocycles. The van der Waals surface area contributed by atoms with Crippen LogP contribution in [0.25, 0.3) is 0 Å². The van der Waals surface area contributed by atoms with E-state index in [2.05, 4.69) is 19.2 Å². The van der Waals surface area contributed by atoms with Gasteiger partial charge in [0.1, 0.15) is 11.6 Å². The maximum atomic E-state index is 13.6. The normalized spacial score (nSPS) is 18.1. The Morgan fingerprint density at radius 2 is 2.16 bits per heavy atom. The van der Waals surface area contributed by atoms with Crippen LogP contribution in [0.2, 0.25) is 0 Å². The van der Waals surface area contributed by atoms with Crippen molar-refractivity contribution in [2.45, 2.75) is 39.2 Å². The van der Waals surface area contributed by atoms with Gasteiger partial charge in [0.25, 0.3) is 0 Å². The largest absolute Gasteiger partial charge is 0.496 e. The molecule has 2 atom stereocenters. The summed E-state index contributed by atoms with van der Waals surface area (Å²) in [6.45, 7) is 5.35. The quantitative estimate of drug-likeness (QED) is 0.806. The van der Waals surface area contributed by atoms with Gasteiger partial charge in [0.05, 0.1) is 7.11 Å². The summed E-state index contributed by atoms with van der Waals surface area (Å²) in [7, 11) is 1.65. The van der Waals surface area contributed by atoms with Crippen LogP contribution in [0.1, 0.15) is 44.7 Å². The Morgan fingerprint density at radius 3 is 2.74 bits per heavy atom. The summed E-state index contributed by atoms with van der Waals surface area (Å²) in [5.41, 5.74) is 0.954. The maximum Gasteiger partial charge on any atom is 0.123 e. The predicted octanol–water partition coefficient (Wildman–Crippen LogP) is 3.92. The van der Waals surface area contributed by atoms with E-state index in [4.69, 9.17) is 4.74 Å². The molecule has 2 nitrogen and oxygen atoms in total. The highest BCUT2D eigenvalue weighted by atomic mass is 19.1. The van der Waals surface area contributed by atoms with Crippen molar-refractivity contribution in [3.63, 3.8) is 0 Å². The number of ether oxygens (including phenoxy) is 1. The van der Waals surface area contributed by atoms with Crippen LogP contribution in [0.3, 0.4) is 0 Å². The molecule has 19 heavy (non-hydrogen) atoms. The summed E-state index contributed by atoms with van der Waals surface area (Å²) < 4.78 is 19.0. The second-order valence-corrected chi connectivity index (χ2v) is 5.51. The third kappa shape index (κ3) is 3.47. The number of hydrogen-bond acceptors (Lipinski definition) is 2. The van der Waals surface area contributed by atoms with Crippen molar-refractivity contribution in [2.24, 2.45) is 11.8 Å². The Bertz CT molecular complexity index is 417. The average Bonchev–Trinajstić information content (AvgIpc) is 3.23. The van der Waals surface area contributed by atoms with Gasteiger partial charge in [-0.15, -0.1) is 0 Å².